The molecule has 2 rings (SSSR count). The molecule has 0 aliphatic carbocycles. The summed E-state index contributed by atoms with van der Waals surface area (Å²) in [4.78, 5) is 0. The molecule has 4 heteroatoms. The van der Waals surface area contributed by atoms with Crippen LogP contribution >= 0.6 is 23.2 Å². The molecule has 88 valence electrons. The number of benzene rings is 2. The Labute approximate surface area is 109 Å². The molecule has 0 radical (unpaired) electrons. The molecule has 2 aromatic rings. The lowest BCUT2D eigenvalue weighted by molar-refractivity contribution is 0.305. The third kappa shape index (κ3) is 3.55. The topological polar surface area (TPSA) is 29.5 Å². The Bertz CT molecular complexity index is 506. The van der Waals surface area contributed by atoms with Crippen LogP contribution in [0.3, 0.4) is 0 Å². The van der Waals surface area contributed by atoms with Gasteiger partial charge >= 0.3 is 0 Å². The zero-order chi connectivity index (χ0) is 12.3. The fourth-order valence-electron chi connectivity index (χ4n) is 1.42. The number of phenolic OH excluding ortho intramolecular Hbond substituents is 1. The van der Waals surface area contributed by atoms with E-state index in [1.54, 1.807) is 36.4 Å². The maximum Gasteiger partial charge on any atom is 0.122 e. The molecule has 0 saturated carbocycles. The fraction of sp³-hybridized carbons (Fsp3) is 0.0769. The van der Waals surface area contributed by atoms with E-state index in [2.05, 4.69) is 0 Å². The maximum absolute atomic E-state index is 9.30. The van der Waals surface area contributed by atoms with Crippen molar-refractivity contribution in [1.82, 2.24) is 0 Å². The number of rotatable bonds is 3. The van der Waals surface area contributed by atoms with Crippen LogP contribution in [0.4, 0.5) is 0 Å². The van der Waals surface area contributed by atoms with Gasteiger partial charge in [0, 0.05) is 10.0 Å². The van der Waals surface area contributed by atoms with E-state index in [4.69, 9.17) is 27.9 Å². The van der Waals surface area contributed by atoms with Crippen molar-refractivity contribution in [1.29, 1.82) is 0 Å². The third-order valence-electron chi connectivity index (χ3n) is 2.15. The second kappa shape index (κ2) is 5.30. The van der Waals surface area contributed by atoms with Crippen LogP contribution in [-0.4, -0.2) is 5.11 Å². The summed E-state index contributed by atoms with van der Waals surface area (Å²) in [5.41, 5.74) is 0.876. The van der Waals surface area contributed by atoms with Gasteiger partial charge in [0.2, 0.25) is 0 Å². The second-order valence-electron chi connectivity index (χ2n) is 3.56. The molecule has 0 unspecified atom stereocenters. The lowest BCUT2D eigenvalue weighted by Crippen LogP contribution is -1.95. The summed E-state index contributed by atoms with van der Waals surface area (Å²) in [6, 6.07) is 11.9. The van der Waals surface area contributed by atoms with E-state index in [0.29, 0.717) is 22.4 Å². The average molecular weight is 269 g/mol. The minimum atomic E-state index is 0.218. The molecule has 0 aromatic heterocycles. The Morgan fingerprint density at radius 3 is 2.35 bits per heavy atom. The quantitative estimate of drug-likeness (QED) is 0.901. The van der Waals surface area contributed by atoms with Crippen LogP contribution in [0.25, 0.3) is 0 Å². The molecular formula is C13H10Cl2O2. The number of hydrogen-bond acceptors (Lipinski definition) is 2. The first kappa shape index (κ1) is 12.1. The van der Waals surface area contributed by atoms with Gasteiger partial charge in [0.15, 0.2) is 0 Å². The highest BCUT2D eigenvalue weighted by Crippen LogP contribution is 2.25. The molecule has 0 saturated heterocycles. The van der Waals surface area contributed by atoms with Crippen LogP contribution in [0.1, 0.15) is 5.56 Å². The Morgan fingerprint density at radius 2 is 1.71 bits per heavy atom. The molecule has 1 N–H and O–H groups in total. The van der Waals surface area contributed by atoms with Crippen molar-refractivity contribution in [3.05, 3.63) is 58.1 Å². The summed E-state index contributed by atoms with van der Waals surface area (Å²) in [5.74, 6) is 0.820. The predicted octanol–water partition coefficient (Wildman–Crippen LogP) is 4.28. The smallest absolute Gasteiger partial charge is 0.122 e. The van der Waals surface area contributed by atoms with Gasteiger partial charge in [0.05, 0.1) is 0 Å². The highest BCUT2D eigenvalue weighted by Gasteiger charge is 2.00. The molecular weight excluding hydrogens is 259 g/mol. The minimum absolute atomic E-state index is 0.218. The van der Waals surface area contributed by atoms with Crippen LogP contribution in [0.5, 0.6) is 11.5 Å². The van der Waals surface area contributed by atoms with Crippen LogP contribution in [0.2, 0.25) is 10.0 Å². The van der Waals surface area contributed by atoms with Gasteiger partial charge in [0.1, 0.15) is 18.1 Å². The number of ether oxygens (including phenoxy) is 1. The summed E-state index contributed by atoms with van der Waals surface area (Å²) in [6.45, 7) is 0.352. The van der Waals surface area contributed by atoms with Gasteiger partial charge in [-0.25, -0.2) is 0 Å². The minimum Gasteiger partial charge on any atom is -0.508 e. The van der Waals surface area contributed by atoms with Crippen molar-refractivity contribution in [3.63, 3.8) is 0 Å². The van der Waals surface area contributed by atoms with Crippen molar-refractivity contribution >= 4 is 23.2 Å². The van der Waals surface area contributed by atoms with Crippen molar-refractivity contribution in [2.24, 2.45) is 0 Å². The SMILES string of the molecule is Oc1cccc(COc2cc(Cl)cc(Cl)c2)c1. The number of halogens is 2. The van der Waals surface area contributed by atoms with Crippen LogP contribution < -0.4 is 4.74 Å². The molecule has 0 heterocycles. The Kier molecular flexibility index (Phi) is 3.77. The van der Waals surface area contributed by atoms with Crippen LogP contribution in [0.15, 0.2) is 42.5 Å². The molecule has 2 aromatic carbocycles. The number of phenols is 1. The zero-order valence-corrected chi connectivity index (χ0v) is 10.4. The van der Waals surface area contributed by atoms with E-state index in [0.717, 1.165) is 5.56 Å². The van der Waals surface area contributed by atoms with Gasteiger partial charge in [-0.05, 0) is 35.9 Å². The van der Waals surface area contributed by atoms with Gasteiger partial charge in [0.25, 0.3) is 0 Å². The van der Waals surface area contributed by atoms with Gasteiger partial charge in [-0.3, -0.25) is 0 Å². The predicted molar refractivity (Wildman–Crippen MR) is 68.9 cm³/mol. The van der Waals surface area contributed by atoms with Gasteiger partial charge < -0.3 is 9.84 Å². The lowest BCUT2D eigenvalue weighted by atomic mass is 10.2. The zero-order valence-electron chi connectivity index (χ0n) is 8.86. The largest absolute Gasteiger partial charge is 0.508 e. The first-order chi connectivity index (χ1) is 8.13. The number of hydrogen-bond donors (Lipinski definition) is 1. The molecule has 0 fully saturated rings. The van der Waals surface area contributed by atoms with E-state index in [1.165, 1.54) is 0 Å². The normalized spacial score (nSPS) is 10.2. The summed E-state index contributed by atoms with van der Waals surface area (Å²) >= 11 is 11.7. The van der Waals surface area contributed by atoms with Crippen molar-refractivity contribution < 1.29 is 9.84 Å². The lowest BCUT2D eigenvalue weighted by Gasteiger charge is -2.07. The van der Waals surface area contributed by atoms with Gasteiger partial charge in [-0.1, -0.05) is 35.3 Å². The van der Waals surface area contributed by atoms with Gasteiger partial charge in [-0.2, -0.15) is 0 Å². The molecule has 17 heavy (non-hydrogen) atoms. The standard InChI is InChI=1S/C13H10Cl2O2/c14-10-5-11(15)7-13(6-10)17-8-9-2-1-3-12(16)4-9/h1-7,16H,8H2. The highest BCUT2D eigenvalue weighted by molar-refractivity contribution is 6.34. The Morgan fingerprint density at radius 1 is 1.00 bits per heavy atom. The average Bonchev–Trinajstić information content (AvgIpc) is 2.25. The van der Waals surface area contributed by atoms with Crippen molar-refractivity contribution in [2.75, 3.05) is 0 Å². The molecule has 0 atom stereocenters. The molecule has 2 nitrogen and oxygen atoms in total. The molecule has 0 aliphatic rings. The Balaban J connectivity index is 2.07. The van der Waals surface area contributed by atoms with E-state index in [-0.39, 0.29) is 5.75 Å². The van der Waals surface area contributed by atoms with Gasteiger partial charge in [-0.15, -0.1) is 0 Å². The summed E-state index contributed by atoms with van der Waals surface area (Å²) in [7, 11) is 0. The summed E-state index contributed by atoms with van der Waals surface area (Å²) in [5, 5.41) is 10.4. The van der Waals surface area contributed by atoms with E-state index < -0.39 is 0 Å². The van der Waals surface area contributed by atoms with E-state index >= 15 is 0 Å². The highest BCUT2D eigenvalue weighted by atomic mass is 35.5. The first-order valence-corrected chi connectivity index (χ1v) is 5.76. The maximum atomic E-state index is 9.30. The van der Waals surface area contributed by atoms with Crippen molar-refractivity contribution in [2.45, 2.75) is 6.61 Å². The van der Waals surface area contributed by atoms with Crippen molar-refractivity contribution in [3.8, 4) is 11.5 Å². The van der Waals surface area contributed by atoms with E-state index in [9.17, 15) is 5.11 Å². The first-order valence-electron chi connectivity index (χ1n) is 5.00. The Hall–Kier alpha value is -1.38. The second-order valence-corrected chi connectivity index (χ2v) is 4.44. The summed E-state index contributed by atoms with van der Waals surface area (Å²) < 4.78 is 5.53. The van der Waals surface area contributed by atoms with Crippen LogP contribution in [-0.2, 0) is 6.61 Å². The van der Waals surface area contributed by atoms with Crippen LogP contribution in [0, 0.1) is 0 Å². The molecule has 0 spiro atoms. The fourth-order valence-corrected chi connectivity index (χ4v) is 1.93. The third-order valence-corrected chi connectivity index (χ3v) is 2.59. The molecule has 0 bridgehead atoms. The molecule has 0 amide bonds. The monoisotopic (exact) mass is 268 g/mol. The van der Waals surface area contributed by atoms with E-state index in [1.807, 2.05) is 6.07 Å². The summed E-state index contributed by atoms with van der Waals surface area (Å²) in [6.07, 6.45) is 0. The number of aromatic hydroxyl groups is 1. The molecule has 0 aliphatic heterocycles.